The van der Waals surface area contributed by atoms with Crippen LogP contribution in [0.5, 0.6) is 0 Å². The van der Waals surface area contributed by atoms with Crippen molar-refractivity contribution in [2.24, 2.45) is 76.9 Å². The normalized spacial score (nSPS) is 45.5. The minimum atomic E-state index is 0.913. The lowest BCUT2D eigenvalue weighted by Gasteiger charge is -2.50. The van der Waals surface area contributed by atoms with Crippen LogP contribution in [-0.4, -0.2) is 0 Å². The first-order valence-corrected chi connectivity index (χ1v) is 18.3. The van der Waals surface area contributed by atoms with Gasteiger partial charge in [-0.1, -0.05) is 93.4 Å². The summed E-state index contributed by atoms with van der Waals surface area (Å²) in [4.78, 5) is 0. The van der Waals surface area contributed by atoms with Gasteiger partial charge in [0.1, 0.15) is 0 Å². The molecule has 0 nitrogen and oxygen atoms in total. The quantitative estimate of drug-likeness (QED) is 0.309. The highest BCUT2D eigenvalue weighted by atomic mass is 14.5. The topological polar surface area (TPSA) is 0 Å². The van der Waals surface area contributed by atoms with E-state index in [-0.39, 0.29) is 0 Å². The summed E-state index contributed by atoms with van der Waals surface area (Å²) in [6, 6.07) is 0. The van der Waals surface area contributed by atoms with Crippen molar-refractivity contribution in [3.63, 3.8) is 0 Å². The van der Waals surface area contributed by atoms with Crippen LogP contribution in [0.15, 0.2) is 0 Å². The van der Waals surface area contributed by atoms with Crippen molar-refractivity contribution in [3.05, 3.63) is 0 Å². The second-order valence-electron chi connectivity index (χ2n) is 16.3. The van der Waals surface area contributed by atoms with Crippen molar-refractivity contribution in [2.75, 3.05) is 0 Å². The molecule has 5 fully saturated rings. The average molecular weight is 527 g/mol. The van der Waals surface area contributed by atoms with Crippen molar-refractivity contribution in [2.45, 2.75) is 164 Å². The molecule has 5 rings (SSSR count). The molecule has 0 aromatic rings. The van der Waals surface area contributed by atoms with Gasteiger partial charge in [0.15, 0.2) is 0 Å². The number of fused-ring (bicyclic) bond motifs is 1. The first kappa shape index (κ1) is 30.9. The molecule has 0 N–H and O–H groups in total. The summed E-state index contributed by atoms with van der Waals surface area (Å²) in [6.45, 7) is 17.2. The molecular formula is C38H70. The predicted molar refractivity (Wildman–Crippen MR) is 168 cm³/mol. The highest BCUT2D eigenvalue weighted by Crippen LogP contribution is 2.56. The van der Waals surface area contributed by atoms with Gasteiger partial charge in [-0.15, -0.1) is 0 Å². The highest BCUT2D eigenvalue weighted by molar-refractivity contribution is 4.97. The van der Waals surface area contributed by atoms with E-state index in [0.29, 0.717) is 0 Å². The van der Waals surface area contributed by atoms with E-state index in [4.69, 9.17) is 0 Å². The van der Waals surface area contributed by atoms with Crippen LogP contribution in [0.4, 0.5) is 0 Å². The molecule has 38 heavy (non-hydrogen) atoms. The Morgan fingerprint density at radius 1 is 0.632 bits per heavy atom. The maximum Gasteiger partial charge on any atom is -0.0324 e. The molecule has 10 atom stereocenters. The van der Waals surface area contributed by atoms with Gasteiger partial charge in [0.05, 0.1) is 0 Å². The molecule has 0 spiro atoms. The molecule has 0 aromatic carbocycles. The second-order valence-corrected chi connectivity index (χ2v) is 16.3. The Hall–Kier alpha value is 0. The fraction of sp³-hybridized carbons (Fsp3) is 1.00. The van der Waals surface area contributed by atoms with Crippen molar-refractivity contribution >= 4 is 0 Å². The molecule has 0 heteroatoms. The summed E-state index contributed by atoms with van der Waals surface area (Å²) in [5, 5.41) is 0. The predicted octanol–water partition coefficient (Wildman–Crippen LogP) is 12.2. The van der Waals surface area contributed by atoms with Crippen LogP contribution in [0.25, 0.3) is 0 Å². The molecule has 10 unspecified atom stereocenters. The van der Waals surface area contributed by atoms with Crippen LogP contribution in [0, 0.1) is 76.9 Å². The van der Waals surface area contributed by atoms with Gasteiger partial charge in [0.2, 0.25) is 0 Å². The van der Waals surface area contributed by atoms with Crippen molar-refractivity contribution in [1.82, 2.24) is 0 Å². The Morgan fingerprint density at radius 2 is 1.34 bits per heavy atom. The van der Waals surface area contributed by atoms with Gasteiger partial charge in [-0.25, -0.2) is 0 Å². The third-order valence-electron chi connectivity index (χ3n) is 13.6. The number of hydrogen-bond donors (Lipinski definition) is 0. The average Bonchev–Trinajstić information content (AvgIpc) is 3.56. The summed E-state index contributed by atoms with van der Waals surface area (Å²) in [5.41, 5.74) is 0. The maximum absolute atomic E-state index is 2.61. The molecular weight excluding hydrogens is 456 g/mol. The Labute approximate surface area is 240 Å². The Kier molecular flexibility index (Phi) is 12.0. The van der Waals surface area contributed by atoms with E-state index in [1.165, 1.54) is 77.0 Å². The van der Waals surface area contributed by atoms with Crippen LogP contribution in [0.1, 0.15) is 164 Å². The SMILES string of the molecule is CCC1CCC(C2CCC(C)C2)C(C)C1.CCCCC1C(C)CC2CCCC2C1C1CCC(C(C)C)CC1. The molecule has 0 radical (unpaired) electrons. The second kappa shape index (κ2) is 14.8. The first-order chi connectivity index (χ1) is 18.3. The molecule has 5 aliphatic carbocycles. The smallest absolute Gasteiger partial charge is 0.0324 e. The summed E-state index contributed by atoms with van der Waals surface area (Å²) in [5.74, 6) is 13.7. The molecule has 5 aliphatic rings. The van der Waals surface area contributed by atoms with Gasteiger partial charge in [-0.2, -0.15) is 0 Å². The fourth-order valence-electron chi connectivity index (χ4n) is 11.3. The van der Waals surface area contributed by atoms with Gasteiger partial charge in [0.25, 0.3) is 0 Å². The number of unbranched alkanes of at least 4 members (excludes halogenated alkanes) is 1. The van der Waals surface area contributed by atoms with Crippen molar-refractivity contribution < 1.29 is 0 Å². The van der Waals surface area contributed by atoms with E-state index in [9.17, 15) is 0 Å². The van der Waals surface area contributed by atoms with Gasteiger partial charge >= 0.3 is 0 Å². The van der Waals surface area contributed by atoms with Gasteiger partial charge in [-0.05, 0) is 148 Å². The van der Waals surface area contributed by atoms with E-state index in [1.807, 2.05) is 0 Å². The third kappa shape index (κ3) is 7.64. The Balaban J connectivity index is 0.000000194. The molecule has 222 valence electrons. The van der Waals surface area contributed by atoms with Crippen molar-refractivity contribution in [1.29, 1.82) is 0 Å². The van der Waals surface area contributed by atoms with Crippen LogP contribution in [0.3, 0.4) is 0 Å². The lowest BCUT2D eigenvalue weighted by molar-refractivity contribution is -0.00486. The molecule has 5 saturated carbocycles. The standard InChI is InChI=1S/C23H42.C15H28/c1-5-6-9-21-17(4)15-20-8-7-10-22(20)23(21)19-13-11-18(12-14-19)16(2)3;1-4-13-6-8-15(12(3)10-13)14-7-5-11(2)9-14/h16-23H,5-15H2,1-4H3;11-15H,4-10H2,1-3H3. The van der Waals surface area contributed by atoms with Gasteiger partial charge in [0, 0.05) is 0 Å². The maximum atomic E-state index is 2.61. The number of hydrogen-bond acceptors (Lipinski definition) is 0. The third-order valence-corrected chi connectivity index (χ3v) is 13.6. The van der Waals surface area contributed by atoms with Crippen molar-refractivity contribution in [3.8, 4) is 0 Å². The van der Waals surface area contributed by atoms with Crippen LogP contribution >= 0.6 is 0 Å². The molecule has 0 bridgehead atoms. The van der Waals surface area contributed by atoms with E-state index >= 15 is 0 Å². The molecule has 0 saturated heterocycles. The molecule has 0 amide bonds. The van der Waals surface area contributed by atoms with Crippen LogP contribution in [0.2, 0.25) is 0 Å². The fourth-order valence-corrected chi connectivity index (χ4v) is 11.3. The summed E-state index contributed by atoms with van der Waals surface area (Å²) in [7, 11) is 0. The molecule has 0 aliphatic heterocycles. The summed E-state index contributed by atoms with van der Waals surface area (Å²) >= 11 is 0. The van der Waals surface area contributed by atoms with E-state index < -0.39 is 0 Å². The zero-order valence-corrected chi connectivity index (χ0v) is 27.2. The zero-order valence-electron chi connectivity index (χ0n) is 27.2. The van der Waals surface area contributed by atoms with E-state index in [1.54, 1.807) is 38.5 Å². The minimum absolute atomic E-state index is 0.913. The van der Waals surface area contributed by atoms with Crippen LogP contribution < -0.4 is 0 Å². The molecule has 0 heterocycles. The van der Waals surface area contributed by atoms with E-state index in [0.717, 1.165) is 76.9 Å². The molecule has 0 aromatic heterocycles. The van der Waals surface area contributed by atoms with Gasteiger partial charge in [-0.3, -0.25) is 0 Å². The summed E-state index contributed by atoms with van der Waals surface area (Å²) < 4.78 is 0. The van der Waals surface area contributed by atoms with Gasteiger partial charge < -0.3 is 0 Å². The van der Waals surface area contributed by atoms with E-state index in [2.05, 4.69) is 48.5 Å². The Morgan fingerprint density at radius 3 is 1.95 bits per heavy atom. The lowest BCUT2D eigenvalue weighted by Crippen LogP contribution is -2.42. The van der Waals surface area contributed by atoms with Crippen LogP contribution in [-0.2, 0) is 0 Å². The number of rotatable bonds is 7. The largest absolute Gasteiger partial charge is 0.0654 e. The monoisotopic (exact) mass is 527 g/mol. The zero-order chi connectivity index (χ0) is 27.2. The lowest BCUT2D eigenvalue weighted by atomic mass is 9.56. The minimum Gasteiger partial charge on any atom is -0.0654 e. The highest BCUT2D eigenvalue weighted by Gasteiger charge is 2.47. The first-order valence-electron chi connectivity index (χ1n) is 18.3. The summed E-state index contributed by atoms with van der Waals surface area (Å²) in [6.07, 6.45) is 27.4. The Bertz CT molecular complexity index is 655.